The van der Waals surface area contributed by atoms with Crippen molar-refractivity contribution in [3.05, 3.63) is 170 Å². The molecule has 111 heavy (non-hydrogen) atoms. The molecule has 5 unspecified atom stereocenters. The second kappa shape index (κ2) is 84.3. The number of unbranched alkanes of at least 4 members (excludes halogenated alkanes) is 30. The molecule has 0 radical (unpaired) electrons. The van der Waals surface area contributed by atoms with Crippen LogP contribution in [-0.4, -0.2) is 95.9 Å². The van der Waals surface area contributed by atoms with Gasteiger partial charge >= 0.3 is 33.6 Å². The smallest absolute Gasteiger partial charge is 0.463 e. The van der Waals surface area contributed by atoms with Crippen molar-refractivity contribution in [2.75, 3.05) is 39.6 Å². The molecule has 5 atom stereocenters. The zero-order chi connectivity index (χ0) is 80.8. The molecule has 4 N–H and O–H groups in total. The minimum Gasteiger partial charge on any atom is -0.463 e. The van der Waals surface area contributed by atoms with Gasteiger partial charge in [-0.2, -0.15) is 0 Å². The first-order valence-electron chi connectivity index (χ1n) is 43.4. The van der Waals surface area contributed by atoms with Crippen LogP contribution in [-0.2, 0) is 55.8 Å². The van der Waals surface area contributed by atoms with Gasteiger partial charge in [-0.15, -0.1) is 0 Å². The highest BCUT2D eigenvalue weighted by atomic mass is 31.2. The van der Waals surface area contributed by atoms with Crippen molar-refractivity contribution in [2.24, 2.45) is 0 Å². The van der Waals surface area contributed by atoms with Crippen LogP contribution in [0.1, 0.15) is 342 Å². The fraction of sp³-hybridized carbons (Fsp3) is 0.667. The molecule has 0 aliphatic rings. The van der Waals surface area contributed by atoms with Gasteiger partial charge in [-0.25, -0.2) is 9.13 Å². The normalized spacial score (nSPS) is 14.7. The topological polar surface area (TPSA) is 231 Å². The number of carbonyl (C=O) groups excluding carboxylic acids is 3. The third-order valence-electron chi connectivity index (χ3n) is 17.9. The molecule has 18 heteroatoms. The van der Waals surface area contributed by atoms with Crippen molar-refractivity contribution < 1.29 is 75.8 Å². The summed E-state index contributed by atoms with van der Waals surface area (Å²) in [4.78, 5) is 58.8. The van der Waals surface area contributed by atoms with Gasteiger partial charge in [-0.1, -0.05) is 345 Å². The summed E-state index contributed by atoms with van der Waals surface area (Å²) in [6, 6.07) is 0. The fourth-order valence-corrected chi connectivity index (χ4v) is 13.0. The molecular weight excluding hydrogens is 1430 g/mol. The minimum absolute atomic E-state index is 0.0691. The molecule has 0 fully saturated rings. The first-order valence-corrected chi connectivity index (χ1v) is 46.4. The molecule has 16 nitrogen and oxygen atoms in total. The molecule has 0 bridgehead atoms. The zero-order valence-electron chi connectivity index (χ0n) is 69.6. The Morgan fingerprint density at radius 2 is 0.450 bits per heavy atom. The van der Waals surface area contributed by atoms with Gasteiger partial charge < -0.3 is 34.2 Å². The maximum atomic E-state index is 13.0. The Kier molecular flexibility index (Phi) is 80.4. The molecule has 0 aromatic carbocycles. The van der Waals surface area contributed by atoms with Gasteiger partial charge in [0.2, 0.25) is 0 Å². The van der Waals surface area contributed by atoms with Gasteiger partial charge in [0.15, 0.2) is 6.10 Å². The fourth-order valence-electron chi connectivity index (χ4n) is 11.4. The summed E-state index contributed by atoms with van der Waals surface area (Å²) in [5.41, 5.74) is 0. The van der Waals surface area contributed by atoms with E-state index in [9.17, 15) is 43.5 Å². The number of rotatable bonds is 81. The van der Waals surface area contributed by atoms with E-state index >= 15 is 0 Å². The summed E-state index contributed by atoms with van der Waals surface area (Å²) in [5, 5.41) is 20.7. The first kappa shape index (κ1) is 106. The van der Waals surface area contributed by atoms with Crippen LogP contribution in [0.15, 0.2) is 170 Å². The van der Waals surface area contributed by atoms with Crippen molar-refractivity contribution >= 4 is 33.6 Å². The molecule has 0 aromatic rings. The van der Waals surface area contributed by atoms with E-state index in [1.54, 1.807) is 0 Å². The Balaban J connectivity index is 4.48. The van der Waals surface area contributed by atoms with Crippen molar-refractivity contribution in [1.82, 2.24) is 0 Å². The van der Waals surface area contributed by atoms with E-state index in [1.807, 2.05) is 0 Å². The van der Waals surface area contributed by atoms with Crippen LogP contribution >= 0.6 is 15.6 Å². The molecule has 0 aromatic heterocycles. The predicted octanol–water partition coefficient (Wildman–Crippen LogP) is 26.3. The first-order chi connectivity index (χ1) is 54.2. The number of carbonyl (C=O) groups is 3. The van der Waals surface area contributed by atoms with Gasteiger partial charge in [0.05, 0.1) is 26.4 Å². The molecule has 0 aliphatic heterocycles. The Morgan fingerprint density at radius 3 is 0.712 bits per heavy atom. The van der Waals surface area contributed by atoms with Crippen molar-refractivity contribution in [1.29, 1.82) is 0 Å². The van der Waals surface area contributed by atoms with Crippen LogP contribution in [0.3, 0.4) is 0 Å². The van der Waals surface area contributed by atoms with E-state index < -0.39 is 91.5 Å². The van der Waals surface area contributed by atoms with E-state index in [-0.39, 0.29) is 19.3 Å². The molecule has 0 spiro atoms. The molecular formula is C93H156O16P2. The summed E-state index contributed by atoms with van der Waals surface area (Å²) in [6.45, 7) is 2.32. The Bertz CT molecular complexity index is 2700. The monoisotopic (exact) mass is 1590 g/mol. The number of ether oxygens (including phenoxy) is 3. The maximum Gasteiger partial charge on any atom is 0.472 e. The highest BCUT2D eigenvalue weighted by Gasteiger charge is 2.29. The van der Waals surface area contributed by atoms with E-state index in [0.29, 0.717) is 19.3 Å². The Morgan fingerprint density at radius 1 is 0.252 bits per heavy atom. The maximum absolute atomic E-state index is 13.0. The summed E-state index contributed by atoms with van der Waals surface area (Å²) >= 11 is 0. The van der Waals surface area contributed by atoms with E-state index in [0.717, 1.165) is 180 Å². The summed E-state index contributed by atoms with van der Waals surface area (Å²) in [7, 11) is -9.82. The second-order valence-electron chi connectivity index (χ2n) is 28.5. The van der Waals surface area contributed by atoms with Gasteiger partial charge in [0, 0.05) is 19.3 Å². The van der Waals surface area contributed by atoms with Crippen molar-refractivity contribution in [3.8, 4) is 0 Å². The lowest BCUT2D eigenvalue weighted by molar-refractivity contribution is -0.161. The average Bonchev–Trinajstić information content (AvgIpc) is 0.901. The average molecular weight is 1590 g/mol. The molecule has 0 heterocycles. The number of allylic oxidation sites excluding steroid dienone is 28. The number of phosphoric acid groups is 2. The number of hydrogen-bond acceptors (Lipinski definition) is 14. The lowest BCUT2D eigenvalue weighted by Crippen LogP contribution is -2.30. The standard InChI is InChI=1S/C93H156O16P2/c1-4-7-10-13-16-19-22-25-28-31-33-35-37-38-39-40-41-42-43-44-45-46-47-48-50-52-53-56-58-61-64-67-70-73-76-79-91(96)103-82-88(94)83-105-110(99,100)106-84-89(95)85-107-111(101,102)108-87-90(109-93(98)81-78-75-72-69-66-63-60-55-30-27-24-21-18-15-12-9-6-3)86-104-92(97)80-77-74-71-68-65-62-59-57-54-51-49-36-34-32-29-26-23-20-17-14-11-8-5-2/h7-12,16-21,25-30,33-36,38-39,51,54,60,63,88-90,94-95H,4-6,13-15,22-24,31-32,37,40-50,52-53,55-59,61-62,64-87H2,1-3H3,(H,99,100)(H,101,102)/b10-7-,11-8-,12-9-,19-16-,20-17-,21-18-,28-25-,29-26-,30-27-,35-33-,36-34-,39-38-,54-51-,63-60-. The lowest BCUT2D eigenvalue weighted by atomic mass is 10.0. The van der Waals surface area contributed by atoms with Gasteiger partial charge in [0.1, 0.15) is 25.4 Å². The lowest BCUT2D eigenvalue weighted by Gasteiger charge is -2.21. The number of esters is 3. The van der Waals surface area contributed by atoms with Crippen LogP contribution in [0, 0.1) is 0 Å². The van der Waals surface area contributed by atoms with E-state index in [2.05, 4.69) is 191 Å². The zero-order valence-corrected chi connectivity index (χ0v) is 71.4. The van der Waals surface area contributed by atoms with Crippen molar-refractivity contribution in [3.63, 3.8) is 0 Å². The number of aliphatic hydroxyl groups excluding tert-OH is 2. The molecule has 0 amide bonds. The minimum atomic E-state index is -4.95. The Labute approximate surface area is 675 Å². The van der Waals surface area contributed by atoms with Gasteiger partial charge in [-0.05, 0) is 148 Å². The number of hydrogen-bond donors (Lipinski definition) is 4. The molecule has 0 saturated carbocycles. The Hall–Kier alpha value is -5.09. The number of phosphoric ester groups is 2. The SMILES string of the molecule is CC/C=C\C/C=C\C/C=C\C/C=C\C/C=C\CCCCCCCCCCCCCCCCCCCCCC(=O)OCC(O)COP(=O)(O)OCC(O)COP(=O)(O)OCC(COC(=O)CCCCCCCCC/C=C\C/C=C\C/C=C\C/C=C\C/C=C\CC)OC(=O)CCCCCC/C=C\C/C=C\C/C=C\C/C=C\CC. The van der Waals surface area contributed by atoms with Crippen LogP contribution < -0.4 is 0 Å². The highest BCUT2D eigenvalue weighted by Crippen LogP contribution is 2.45. The summed E-state index contributed by atoms with van der Waals surface area (Å²) in [5.74, 6) is -1.61. The van der Waals surface area contributed by atoms with Crippen LogP contribution in [0.4, 0.5) is 0 Å². The molecule has 634 valence electrons. The quantitative estimate of drug-likeness (QED) is 0.0146. The third kappa shape index (κ3) is 85.6. The van der Waals surface area contributed by atoms with Gasteiger partial charge in [0.25, 0.3) is 0 Å². The van der Waals surface area contributed by atoms with Gasteiger partial charge in [-0.3, -0.25) is 32.5 Å². The second-order valence-corrected chi connectivity index (χ2v) is 31.5. The van der Waals surface area contributed by atoms with Crippen LogP contribution in [0.5, 0.6) is 0 Å². The summed E-state index contributed by atoms with van der Waals surface area (Å²) in [6.07, 6.45) is 108. The van der Waals surface area contributed by atoms with Crippen LogP contribution in [0.25, 0.3) is 0 Å². The largest absolute Gasteiger partial charge is 0.472 e. The molecule has 0 saturated heterocycles. The van der Waals surface area contributed by atoms with E-state index in [4.69, 9.17) is 32.3 Å². The van der Waals surface area contributed by atoms with Crippen molar-refractivity contribution in [2.45, 2.75) is 360 Å². The van der Waals surface area contributed by atoms with Crippen LogP contribution in [0.2, 0.25) is 0 Å². The molecule has 0 aliphatic carbocycles. The molecule has 0 rings (SSSR count). The third-order valence-corrected chi connectivity index (χ3v) is 19.8. The van der Waals surface area contributed by atoms with E-state index in [1.165, 1.54) is 103 Å². The highest BCUT2D eigenvalue weighted by molar-refractivity contribution is 7.47. The summed E-state index contributed by atoms with van der Waals surface area (Å²) < 4.78 is 61.3. The predicted molar refractivity (Wildman–Crippen MR) is 463 cm³/mol. The number of aliphatic hydroxyl groups is 2.